The number of para-hydroxylation sites is 1. The van der Waals surface area contributed by atoms with Crippen LogP contribution < -0.4 is 31.6 Å². The SMILES string of the molecule is N=C(N)Nc1ccc2c(c1)CCCOc1c(cccc1C(=O)OC(=O)[C@H](CC(N)=O)NCC(=O)O)OC2=O. The Bertz CT molecular complexity index is 1290. The molecule has 0 fully saturated rings. The number of rotatable bonds is 8. The second-order valence-corrected chi connectivity index (χ2v) is 8.09. The van der Waals surface area contributed by atoms with Crippen LogP contribution >= 0.6 is 0 Å². The Balaban J connectivity index is 1.85. The number of carbonyl (C=O) groups excluding carboxylic acids is 4. The second-order valence-electron chi connectivity index (χ2n) is 8.09. The average Bonchev–Trinajstić information content (AvgIpc) is 2.84. The molecule has 0 aliphatic carbocycles. The Hall–Kier alpha value is -4.98. The summed E-state index contributed by atoms with van der Waals surface area (Å²) >= 11 is 0. The molecule has 0 aromatic heterocycles. The number of carbonyl (C=O) groups is 5. The minimum Gasteiger partial charge on any atom is -0.489 e. The van der Waals surface area contributed by atoms with E-state index in [1.165, 1.54) is 24.3 Å². The van der Waals surface area contributed by atoms with Gasteiger partial charge in [0, 0.05) is 5.69 Å². The number of anilines is 1. The highest BCUT2D eigenvalue weighted by molar-refractivity contribution is 6.02. The third-order valence-electron chi connectivity index (χ3n) is 5.23. The number of carboxylic acid groups (broad SMARTS) is 1. The molecule has 1 aliphatic rings. The largest absolute Gasteiger partial charge is 0.489 e. The van der Waals surface area contributed by atoms with Gasteiger partial charge < -0.3 is 36.1 Å². The zero-order valence-corrected chi connectivity index (χ0v) is 19.9. The molecule has 0 radical (unpaired) electrons. The highest BCUT2D eigenvalue weighted by Crippen LogP contribution is 2.34. The maximum Gasteiger partial charge on any atom is 0.349 e. The number of fused-ring (bicyclic) bond motifs is 2. The van der Waals surface area contributed by atoms with Crippen molar-refractivity contribution in [3.05, 3.63) is 53.1 Å². The van der Waals surface area contributed by atoms with Crippen molar-refractivity contribution >= 4 is 41.4 Å². The lowest BCUT2D eigenvalue weighted by Crippen LogP contribution is -2.44. The summed E-state index contributed by atoms with van der Waals surface area (Å²) in [7, 11) is 0. The van der Waals surface area contributed by atoms with Crippen molar-refractivity contribution in [2.45, 2.75) is 25.3 Å². The number of nitrogens with one attached hydrogen (secondary N) is 3. The monoisotopic (exact) mass is 527 g/mol. The lowest BCUT2D eigenvalue weighted by molar-refractivity contribution is -0.142. The van der Waals surface area contributed by atoms with E-state index >= 15 is 0 Å². The first-order valence-electron chi connectivity index (χ1n) is 11.3. The first kappa shape index (κ1) is 27.6. The summed E-state index contributed by atoms with van der Waals surface area (Å²) in [5.74, 6) is -5.87. The molecule has 1 amide bonds. The van der Waals surface area contributed by atoms with Gasteiger partial charge in [0.1, 0.15) is 11.6 Å². The van der Waals surface area contributed by atoms with Crippen molar-refractivity contribution in [1.29, 1.82) is 5.41 Å². The molecule has 0 saturated heterocycles. The minimum absolute atomic E-state index is 0.0943. The quantitative estimate of drug-likeness (QED) is 0.0884. The number of primary amides is 1. The second kappa shape index (κ2) is 12.3. The molecule has 14 nitrogen and oxygen atoms in total. The van der Waals surface area contributed by atoms with Gasteiger partial charge in [-0.1, -0.05) is 6.07 Å². The van der Waals surface area contributed by atoms with Crippen LogP contribution in [0.5, 0.6) is 11.5 Å². The normalized spacial score (nSPS) is 13.4. The fourth-order valence-corrected chi connectivity index (χ4v) is 3.60. The number of benzene rings is 2. The molecule has 0 bridgehead atoms. The minimum atomic E-state index is -1.48. The smallest absolute Gasteiger partial charge is 0.349 e. The zero-order valence-electron chi connectivity index (χ0n) is 19.9. The van der Waals surface area contributed by atoms with Gasteiger partial charge in [0.15, 0.2) is 17.5 Å². The van der Waals surface area contributed by atoms with Crippen LogP contribution in [0.2, 0.25) is 0 Å². The molecule has 2 aromatic carbocycles. The molecule has 14 heteroatoms. The number of aryl methyl sites for hydroxylation is 1. The fraction of sp³-hybridized carbons (Fsp3) is 0.250. The van der Waals surface area contributed by atoms with E-state index in [4.69, 9.17) is 36.2 Å². The standard InChI is InChI=1S/C24H25N5O9/c25-18(30)10-16(28-11-19(31)32)23(35)38-22(34)15-4-1-5-17-20(15)36-8-2-3-12-9-13(29-24(26)27)6-7-14(12)21(33)37-17/h1,4-7,9,16,28H,2-3,8,10-11H2,(H2,25,30)(H,31,32)(H4,26,27,29)/t16-/m0/s1. The number of esters is 3. The van der Waals surface area contributed by atoms with Crippen LogP contribution in [0.1, 0.15) is 39.1 Å². The Morgan fingerprint density at radius 3 is 2.61 bits per heavy atom. The van der Waals surface area contributed by atoms with Crippen LogP contribution in [0.25, 0.3) is 0 Å². The van der Waals surface area contributed by atoms with Crippen molar-refractivity contribution < 1.29 is 43.3 Å². The van der Waals surface area contributed by atoms with E-state index in [0.717, 1.165) is 0 Å². The molecule has 0 unspecified atom stereocenters. The van der Waals surface area contributed by atoms with E-state index in [-0.39, 0.29) is 35.2 Å². The third kappa shape index (κ3) is 7.27. The van der Waals surface area contributed by atoms with Gasteiger partial charge in [-0.05, 0) is 48.7 Å². The number of amides is 1. The summed E-state index contributed by atoms with van der Waals surface area (Å²) < 4.78 is 16.1. The Morgan fingerprint density at radius 2 is 1.92 bits per heavy atom. The Labute approximate surface area is 215 Å². The van der Waals surface area contributed by atoms with Crippen LogP contribution in [-0.4, -0.2) is 60.0 Å². The van der Waals surface area contributed by atoms with E-state index < -0.39 is 48.8 Å². The molecular formula is C24H25N5O9. The number of nitrogens with two attached hydrogens (primary N) is 2. The molecule has 1 aliphatic heterocycles. The van der Waals surface area contributed by atoms with Gasteiger partial charge >= 0.3 is 23.9 Å². The number of ether oxygens (including phenoxy) is 3. The van der Waals surface area contributed by atoms with Crippen LogP contribution in [0, 0.1) is 5.41 Å². The van der Waals surface area contributed by atoms with Gasteiger partial charge in [0.25, 0.3) is 0 Å². The Morgan fingerprint density at radius 1 is 1.16 bits per heavy atom. The Kier molecular flexibility index (Phi) is 8.95. The van der Waals surface area contributed by atoms with E-state index in [0.29, 0.717) is 24.1 Å². The number of hydrogen-bond acceptors (Lipinski definition) is 10. The van der Waals surface area contributed by atoms with Crippen molar-refractivity contribution in [3.63, 3.8) is 0 Å². The molecule has 2 aromatic rings. The molecule has 0 spiro atoms. The van der Waals surface area contributed by atoms with E-state index in [2.05, 4.69) is 10.6 Å². The molecule has 1 atom stereocenters. The van der Waals surface area contributed by atoms with Crippen molar-refractivity contribution in [2.24, 2.45) is 11.5 Å². The fourth-order valence-electron chi connectivity index (χ4n) is 3.60. The lowest BCUT2D eigenvalue weighted by atomic mass is 10.0. The maximum absolute atomic E-state index is 13.0. The third-order valence-corrected chi connectivity index (χ3v) is 5.23. The van der Waals surface area contributed by atoms with Gasteiger partial charge in [0.2, 0.25) is 5.91 Å². The predicted molar refractivity (Wildman–Crippen MR) is 131 cm³/mol. The summed E-state index contributed by atoms with van der Waals surface area (Å²) in [6.45, 7) is -0.591. The zero-order chi connectivity index (χ0) is 27.8. The first-order valence-corrected chi connectivity index (χ1v) is 11.3. The van der Waals surface area contributed by atoms with Gasteiger partial charge in [-0.15, -0.1) is 0 Å². The van der Waals surface area contributed by atoms with Gasteiger partial charge in [-0.2, -0.15) is 0 Å². The summed E-state index contributed by atoms with van der Waals surface area (Å²) in [6.07, 6.45) is 0.206. The van der Waals surface area contributed by atoms with Crippen LogP contribution in [0.4, 0.5) is 5.69 Å². The summed E-state index contributed by atoms with van der Waals surface area (Å²) in [6, 6.07) is 7.32. The van der Waals surface area contributed by atoms with E-state index in [1.807, 2.05) is 0 Å². The van der Waals surface area contributed by atoms with Crippen LogP contribution in [0.3, 0.4) is 0 Å². The number of carboxylic acids is 1. The number of aliphatic carboxylic acids is 1. The van der Waals surface area contributed by atoms with Crippen molar-refractivity contribution in [2.75, 3.05) is 18.5 Å². The lowest BCUT2D eigenvalue weighted by Gasteiger charge is -2.19. The number of guanidine groups is 1. The molecule has 38 heavy (non-hydrogen) atoms. The van der Waals surface area contributed by atoms with Crippen LogP contribution in [0.15, 0.2) is 36.4 Å². The van der Waals surface area contributed by atoms with E-state index in [9.17, 15) is 24.0 Å². The molecule has 0 saturated carbocycles. The average molecular weight is 527 g/mol. The van der Waals surface area contributed by atoms with Gasteiger partial charge in [-0.3, -0.25) is 20.3 Å². The topological polar surface area (TPSA) is 233 Å². The summed E-state index contributed by atoms with van der Waals surface area (Å²) in [5, 5.41) is 21.1. The summed E-state index contributed by atoms with van der Waals surface area (Å²) in [5.41, 5.74) is 11.6. The van der Waals surface area contributed by atoms with Gasteiger partial charge in [-0.25, -0.2) is 14.4 Å². The molecular weight excluding hydrogens is 502 g/mol. The predicted octanol–water partition coefficient (Wildman–Crippen LogP) is 0.138. The van der Waals surface area contributed by atoms with Crippen molar-refractivity contribution in [3.8, 4) is 11.5 Å². The first-order chi connectivity index (χ1) is 18.0. The maximum atomic E-state index is 13.0. The summed E-state index contributed by atoms with van der Waals surface area (Å²) in [4.78, 5) is 60.4. The van der Waals surface area contributed by atoms with Crippen molar-refractivity contribution in [1.82, 2.24) is 5.32 Å². The molecule has 8 N–H and O–H groups in total. The highest BCUT2D eigenvalue weighted by atomic mass is 16.6. The molecule has 1 heterocycles. The van der Waals surface area contributed by atoms with Crippen LogP contribution in [-0.2, 0) is 25.5 Å². The van der Waals surface area contributed by atoms with E-state index in [1.54, 1.807) is 12.1 Å². The highest BCUT2D eigenvalue weighted by Gasteiger charge is 2.29. The van der Waals surface area contributed by atoms with Gasteiger partial charge in [0.05, 0.1) is 25.1 Å². The number of hydrogen-bond donors (Lipinski definition) is 6. The molecule has 200 valence electrons. The molecule has 3 rings (SSSR count).